The number of pyridine rings is 1. The van der Waals surface area contributed by atoms with Gasteiger partial charge in [-0.3, -0.25) is 9.59 Å². The van der Waals surface area contributed by atoms with E-state index < -0.39 is 0 Å². The molecule has 0 saturated heterocycles. The average Bonchev–Trinajstić information content (AvgIpc) is 3.35. The number of carbonyl (C=O) groups is 1. The van der Waals surface area contributed by atoms with Crippen molar-refractivity contribution in [2.75, 3.05) is 31.9 Å². The Morgan fingerprint density at radius 1 is 1.19 bits per heavy atom. The molecule has 11 heteroatoms. The second kappa shape index (κ2) is 10.1. The van der Waals surface area contributed by atoms with Gasteiger partial charge in [-0.25, -0.2) is 4.98 Å². The maximum atomic E-state index is 13.3. The lowest BCUT2D eigenvalue weighted by Gasteiger charge is -2.45. The lowest BCUT2D eigenvalue weighted by molar-refractivity contribution is -0.0828. The summed E-state index contributed by atoms with van der Waals surface area (Å²) < 4.78 is 14.4. The van der Waals surface area contributed by atoms with Crippen molar-refractivity contribution in [2.45, 2.75) is 69.2 Å². The van der Waals surface area contributed by atoms with Crippen molar-refractivity contribution >= 4 is 28.9 Å². The van der Waals surface area contributed by atoms with Gasteiger partial charge >= 0.3 is 0 Å². The normalized spacial score (nSPS) is 25.5. The summed E-state index contributed by atoms with van der Waals surface area (Å²) in [5.41, 5.74) is 0.688. The number of hydrogen-bond donors (Lipinski definition) is 3. The Morgan fingerprint density at radius 3 is 2.62 bits per heavy atom. The van der Waals surface area contributed by atoms with Crippen LogP contribution in [0, 0.1) is 0 Å². The Kier molecular flexibility index (Phi) is 6.91. The molecular weight excluding hydrogens is 474 g/mol. The minimum atomic E-state index is -0.370. The highest BCUT2D eigenvalue weighted by Gasteiger charge is 2.44. The molecule has 1 amide bonds. The Hall–Kier alpha value is -3.44. The Morgan fingerprint density at radius 2 is 1.97 bits per heavy atom. The summed E-state index contributed by atoms with van der Waals surface area (Å²) in [6, 6.07) is 5.44. The fourth-order valence-electron chi connectivity index (χ4n) is 5.36. The second-order valence-electron chi connectivity index (χ2n) is 10.1. The number of hydrogen-bond acceptors (Lipinski definition) is 8. The fourth-order valence-corrected chi connectivity index (χ4v) is 5.36. The summed E-state index contributed by atoms with van der Waals surface area (Å²) >= 11 is 0. The summed E-state index contributed by atoms with van der Waals surface area (Å²) in [5.74, 6) is 0.809. The van der Waals surface area contributed by atoms with E-state index in [1.165, 1.54) is 6.20 Å². The Labute approximate surface area is 215 Å². The number of fused-ring (bicyclic) bond motifs is 1. The first-order valence-electron chi connectivity index (χ1n) is 12.8. The van der Waals surface area contributed by atoms with E-state index in [1.54, 1.807) is 42.5 Å². The molecule has 2 aliphatic rings. The molecule has 3 N–H and O–H groups in total. The number of ether oxygens (including phenoxy) is 2. The number of rotatable bonds is 8. The largest absolute Gasteiger partial charge is 0.381 e. The van der Waals surface area contributed by atoms with E-state index >= 15 is 0 Å². The molecule has 0 aromatic carbocycles. The van der Waals surface area contributed by atoms with E-state index in [-0.39, 0.29) is 35.3 Å². The highest BCUT2D eigenvalue weighted by Crippen LogP contribution is 2.35. The highest BCUT2D eigenvalue weighted by atomic mass is 16.5. The molecule has 0 radical (unpaired) electrons. The lowest BCUT2D eigenvalue weighted by atomic mass is 9.76. The SMILES string of the molecule is CNc1cc(Nc2cccn(C3CCC(OC)CC3)c2=O)nc2c(C(=O)N[C@H]3CC[C@]3(C)OC)cnn12. The van der Waals surface area contributed by atoms with Crippen molar-refractivity contribution in [3.8, 4) is 0 Å². The number of nitrogens with zero attached hydrogens (tertiary/aromatic N) is 4. The van der Waals surface area contributed by atoms with E-state index in [4.69, 9.17) is 9.47 Å². The lowest BCUT2D eigenvalue weighted by Crippen LogP contribution is -2.59. The van der Waals surface area contributed by atoms with Crippen LogP contribution in [-0.2, 0) is 9.47 Å². The maximum Gasteiger partial charge on any atom is 0.274 e. The van der Waals surface area contributed by atoms with Crippen molar-refractivity contribution < 1.29 is 14.3 Å². The van der Waals surface area contributed by atoms with Crippen LogP contribution in [0.15, 0.2) is 35.4 Å². The molecular formula is C26H35N7O4. The number of nitrogens with one attached hydrogen (secondary N) is 3. The summed E-state index contributed by atoms with van der Waals surface area (Å²) in [6.07, 6.45) is 9.02. The van der Waals surface area contributed by atoms with E-state index in [9.17, 15) is 9.59 Å². The molecule has 3 heterocycles. The van der Waals surface area contributed by atoms with Gasteiger partial charge in [0, 0.05) is 39.6 Å². The Bertz CT molecular complexity index is 1340. The molecule has 3 aromatic heterocycles. The van der Waals surface area contributed by atoms with Gasteiger partial charge in [-0.05, 0) is 57.6 Å². The molecule has 2 aliphatic carbocycles. The predicted octanol–water partition coefficient (Wildman–Crippen LogP) is 3.10. The topological polar surface area (TPSA) is 124 Å². The number of methoxy groups -OCH3 is 2. The molecule has 0 spiro atoms. The van der Waals surface area contributed by atoms with Crippen LogP contribution >= 0.6 is 0 Å². The van der Waals surface area contributed by atoms with Gasteiger partial charge in [-0.1, -0.05) is 0 Å². The summed E-state index contributed by atoms with van der Waals surface area (Å²) in [7, 11) is 5.17. The zero-order valence-corrected chi connectivity index (χ0v) is 21.8. The number of carbonyl (C=O) groups excluding carboxylic acids is 1. The third-order valence-corrected chi connectivity index (χ3v) is 8.02. The van der Waals surface area contributed by atoms with Crippen LogP contribution in [-0.4, -0.2) is 64.1 Å². The van der Waals surface area contributed by atoms with Crippen molar-refractivity contribution in [2.24, 2.45) is 0 Å². The molecule has 11 nitrogen and oxygen atoms in total. The van der Waals surface area contributed by atoms with Gasteiger partial charge in [-0.15, -0.1) is 0 Å². The first kappa shape index (κ1) is 25.2. The minimum Gasteiger partial charge on any atom is -0.381 e. The number of anilines is 3. The van der Waals surface area contributed by atoms with Crippen molar-refractivity contribution in [3.63, 3.8) is 0 Å². The number of amides is 1. The van der Waals surface area contributed by atoms with Crippen LogP contribution in [0.2, 0.25) is 0 Å². The maximum absolute atomic E-state index is 13.3. The van der Waals surface area contributed by atoms with Crippen LogP contribution in [0.3, 0.4) is 0 Å². The molecule has 0 unspecified atom stereocenters. The van der Waals surface area contributed by atoms with E-state index in [0.717, 1.165) is 38.5 Å². The molecule has 2 atom stereocenters. The third kappa shape index (κ3) is 4.69. The van der Waals surface area contributed by atoms with Crippen molar-refractivity contribution in [1.29, 1.82) is 0 Å². The van der Waals surface area contributed by atoms with E-state index in [2.05, 4.69) is 26.0 Å². The molecule has 5 rings (SSSR count). The summed E-state index contributed by atoms with van der Waals surface area (Å²) in [6.45, 7) is 1.99. The smallest absolute Gasteiger partial charge is 0.274 e. The van der Waals surface area contributed by atoms with Crippen molar-refractivity contribution in [3.05, 3.63) is 46.5 Å². The molecule has 0 bridgehead atoms. The molecule has 2 fully saturated rings. The monoisotopic (exact) mass is 509 g/mol. The first-order chi connectivity index (χ1) is 17.9. The fraction of sp³-hybridized carbons (Fsp3) is 0.538. The summed E-state index contributed by atoms with van der Waals surface area (Å²) in [4.78, 5) is 31.2. The quantitative estimate of drug-likeness (QED) is 0.423. The van der Waals surface area contributed by atoms with E-state index in [0.29, 0.717) is 28.5 Å². The zero-order chi connectivity index (χ0) is 26.2. The van der Waals surface area contributed by atoms with Gasteiger partial charge in [0.15, 0.2) is 5.65 Å². The van der Waals surface area contributed by atoms with Gasteiger partial charge in [0.05, 0.1) is 23.9 Å². The molecule has 3 aromatic rings. The van der Waals surface area contributed by atoms with E-state index in [1.807, 2.05) is 19.2 Å². The van der Waals surface area contributed by atoms with Gasteiger partial charge in [0.1, 0.15) is 22.9 Å². The van der Waals surface area contributed by atoms with Crippen LogP contribution in [0.1, 0.15) is 61.8 Å². The van der Waals surface area contributed by atoms with Crippen LogP contribution in [0.25, 0.3) is 5.65 Å². The van der Waals surface area contributed by atoms with Crippen LogP contribution in [0.4, 0.5) is 17.3 Å². The third-order valence-electron chi connectivity index (χ3n) is 8.02. The number of aromatic nitrogens is 4. The second-order valence-corrected chi connectivity index (χ2v) is 10.1. The van der Waals surface area contributed by atoms with Gasteiger partial charge in [0.2, 0.25) is 0 Å². The van der Waals surface area contributed by atoms with Gasteiger partial charge in [-0.2, -0.15) is 9.61 Å². The molecule has 198 valence electrons. The zero-order valence-electron chi connectivity index (χ0n) is 21.8. The van der Waals surface area contributed by atoms with Crippen LogP contribution < -0.4 is 21.5 Å². The summed E-state index contributed by atoms with van der Waals surface area (Å²) in [5, 5.41) is 13.7. The molecule has 2 saturated carbocycles. The molecule has 0 aliphatic heterocycles. The van der Waals surface area contributed by atoms with Gasteiger partial charge < -0.3 is 30.0 Å². The highest BCUT2D eigenvalue weighted by molar-refractivity contribution is 6.00. The van der Waals surface area contributed by atoms with Crippen LogP contribution in [0.5, 0.6) is 0 Å². The molecule has 37 heavy (non-hydrogen) atoms. The minimum absolute atomic E-state index is 0.0771. The van der Waals surface area contributed by atoms with Gasteiger partial charge in [0.25, 0.3) is 11.5 Å². The predicted molar refractivity (Wildman–Crippen MR) is 141 cm³/mol. The standard InChI is InChI=1S/C26H35N7O4/c1-26(37-4)12-11-20(26)30-24(34)18-15-28-33-22(27-2)14-21(31-23(18)33)29-19-6-5-13-32(25(19)35)16-7-9-17(36-3)10-8-16/h5-6,13-17,20,27H,7-12H2,1-4H3,(H,29,31)(H,30,34)/t16?,17?,20-,26-/m0/s1. The average molecular weight is 510 g/mol. The van der Waals surface area contributed by atoms with Crippen molar-refractivity contribution in [1.82, 2.24) is 24.5 Å². The first-order valence-corrected chi connectivity index (χ1v) is 12.8. The Balaban J connectivity index is 1.41.